The number of rotatable bonds is 6. The van der Waals surface area contributed by atoms with E-state index in [1.54, 1.807) is 0 Å². The van der Waals surface area contributed by atoms with Crippen molar-refractivity contribution < 1.29 is 4.74 Å². The Morgan fingerprint density at radius 2 is 1.94 bits per heavy atom. The van der Waals surface area contributed by atoms with Crippen molar-refractivity contribution in [2.45, 2.75) is 46.1 Å². The first-order chi connectivity index (χ1) is 7.96. The maximum absolute atomic E-state index is 5.87. The summed E-state index contributed by atoms with van der Waals surface area (Å²) in [5.41, 5.74) is 7.68. The van der Waals surface area contributed by atoms with Crippen molar-refractivity contribution in [1.82, 2.24) is 0 Å². The number of nitrogens with two attached hydrogens (primary N) is 1. The number of hydrogen-bond donors (Lipinski definition) is 2. The summed E-state index contributed by atoms with van der Waals surface area (Å²) in [5.74, 6) is 0.834. The smallest absolute Gasteiger partial charge is 0.123 e. The van der Waals surface area contributed by atoms with E-state index in [4.69, 9.17) is 10.5 Å². The van der Waals surface area contributed by atoms with Gasteiger partial charge in [-0.15, -0.1) is 0 Å². The molecule has 1 aromatic carbocycles. The van der Waals surface area contributed by atoms with Crippen LogP contribution >= 0.6 is 0 Å². The zero-order valence-electron chi connectivity index (χ0n) is 11.3. The third-order valence-electron chi connectivity index (χ3n) is 2.77. The molecule has 0 heterocycles. The minimum absolute atomic E-state index is 0.0653. The quantitative estimate of drug-likeness (QED) is 0.741. The topological polar surface area (TPSA) is 47.3 Å². The third-order valence-corrected chi connectivity index (χ3v) is 2.77. The van der Waals surface area contributed by atoms with Gasteiger partial charge in [-0.25, -0.2) is 0 Å². The molecule has 96 valence electrons. The van der Waals surface area contributed by atoms with Crippen LogP contribution in [0.4, 0.5) is 11.4 Å². The Labute approximate surface area is 104 Å². The molecular weight excluding hydrogens is 212 g/mol. The van der Waals surface area contributed by atoms with Crippen LogP contribution in [0.2, 0.25) is 0 Å². The second-order valence-electron chi connectivity index (χ2n) is 5.00. The lowest BCUT2D eigenvalue weighted by atomic mass is 10.0. The number of hydrogen-bond acceptors (Lipinski definition) is 3. The van der Waals surface area contributed by atoms with E-state index in [0.29, 0.717) is 0 Å². The molecule has 0 saturated carbocycles. The molecule has 0 radical (unpaired) electrons. The summed E-state index contributed by atoms with van der Waals surface area (Å²) in [5, 5.41) is 3.47. The van der Waals surface area contributed by atoms with Crippen LogP contribution in [0, 0.1) is 0 Å². The summed E-state index contributed by atoms with van der Waals surface area (Å²) < 4.78 is 5.60. The maximum Gasteiger partial charge on any atom is 0.123 e. The van der Waals surface area contributed by atoms with Crippen LogP contribution < -0.4 is 15.8 Å². The molecule has 0 spiro atoms. The highest BCUT2D eigenvalue weighted by atomic mass is 16.5. The van der Waals surface area contributed by atoms with Crippen LogP contribution in [0.1, 0.15) is 40.5 Å². The minimum Gasteiger partial charge on any atom is -0.493 e. The van der Waals surface area contributed by atoms with Gasteiger partial charge in [-0.1, -0.05) is 13.8 Å². The largest absolute Gasteiger partial charge is 0.493 e. The van der Waals surface area contributed by atoms with Gasteiger partial charge >= 0.3 is 0 Å². The van der Waals surface area contributed by atoms with E-state index >= 15 is 0 Å². The maximum atomic E-state index is 5.87. The van der Waals surface area contributed by atoms with Crippen LogP contribution in [0.3, 0.4) is 0 Å². The number of anilines is 2. The van der Waals surface area contributed by atoms with E-state index in [1.807, 2.05) is 18.2 Å². The molecule has 3 heteroatoms. The number of nitrogens with one attached hydrogen (secondary N) is 1. The fraction of sp³-hybridized carbons (Fsp3) is 0.571. The minimum atomic E-state index is 0.0653. The lowest BCUT2D eigenvalue weighted by Gasteiger charge is -2.26. The van der Waals surface area contributed by atoms with Crippen LogP contribution in [0.5, 0.6) is 5.75 Å². The molecule has 1 rings (SSSR count). The lowest BCUT2D eigenvalue weighted by Crippen LogP contribution is -2.29. The van der Waals surface area contributed by atoms with Gasteiger partial charge in [0.1, 0.15) is 5.75 Å². The summed E-state index contributed by atoms with van der Waals surface area (Å²) in [4.78, 5) is 0. The summed E-state index contributed by atoms with van der Waals surface area (Å²) in [6.45, 7) is 9.31. The number of benzene rings is 1. The van der Waals surface area contributed by atoms with Crippen LogP contribution in [0.25, 0.3) is 0 Å². The Morgan fingerprint density at radius 3 is 2.53 bits per heavy atom. The molecule has 0 saturated heterocycles. The van der Waals surface area contributed by atoms with Gasteiger partial charge in [0.2, 0.25) is 0 Å². The zero-order valence-corrected chi connectivity index (χ0v) is 11.3. The molecular formula is C14H24N2O. The predicted molar refractivity (Wildman–Crippen MR) is 74.6 cm³/mol. The van der Waals surface area contributed by atoms with Gasteiger partial charge in [0, 0.05) is 29.0 Å². The number of ether oxygens (including phenoxy) is 1. The second-order valence-corrected chi connectivity index (χ2v) is 5.00. The fourth-order valence-electron chi connectivity index (χ4n) is 1.48. The van der Waals surface area contributed by atoms with E-state index < -0.39 is 0 Å². The summed E-state index contributed by atoms with van der Waals surface area (Å²) >= 11 is 0. The lowest BCUT2D eigenvalue weighted by molar-refractivity contribution is 0.317. The van der Waals surface area contributed by atoms with Crippen molar-refractivity contribution >= 4 is 11.4 Å². The van der Waals surface area contributed by atoms with Gasteiger partial charge in [0.05, 0.1) is 6.61 Å². The predicted octanol–water partition coefficient (Wildman–Crippen LogP) is 3.66. The molecule has 0 bridgehead atoms. The molecule has 0 fully saturated rings. The van der Waals surface area contributed by atoms with E-state index in [2.05, 4.69) is 33.0 Å². The highest BCUT2D eigenvalue weighted by molar-refractivity contribution is 5.60. The average molecular weight is 236 g/mol. The molecule has 3 N–H and O–H groups in total. The summed E-state index contributed by atoms with van der Waals surface area (Å²) in [7, 11) is 0. The highest BCUT2D eigenvalue weighted by Crippen LogP contribution is 2.26. The van der Waals surface area contributed by atoms with Gasteiger partial charge in [-0.05, 0) is 32.8 Å². The van der Waals surface area contributed by atoms with Crippen molar-refractivity contribution in [3.8, 4) is 5.75 Å². The second kappa shape index (κ2) is 5.80. The molecule has 0 aliphatic heterocycles. The van der Waals surface area contributed by atoms with E-state index in [1.165, 1.54) is 0 Å². The van der Waals surface area contributed by atoms with E-state index in [0.717, 1.165) is 36.6 Å². The molecule has 3 nitrogen and oxygen atoms in total. The van der Waals surface area contributed by atoms with Crippen molar-refractivity contribution in [3.63, 3.8) is 0 Å². The summed E-state index contributed by atoms with van der Waals surface area (Å²) in [6, 6.07) is 5.80. The normalized spacial score (nSPS) is 11.3. The Bertz CT molecular complexity index is 361. The first-order valence-corrected chi connectivity index (χ1v) is 6.28. The SMILES string of the molecule is CCCOc1cc(N)cc(NC(C)(C)CC)c1. The Morgan fingerprint density at radius 1 is 1.24 bits per heavy atom. The van der Waals surface area contributed by atoms with Gasteiger partial charge in [-0.3, -0.25) is 0 Å². The van der Waals surface area contributed by atoms with E-state index in [9.17, 15) is 0 Å². The van der Waals surface area contributed by atoms with Crippen molar-refractivity contribution in [1.29, 1.82) is 0 Å². The molecule has 1 aromatic rings. The first-order valence-electron chi connectivity index (χ1n) is 6.28. The Hall–Kier alpha value is -1.38. The van der Waals surface area contributed by atoms with Gasteiger partial charge in [-0.2, -0.15) is 0 Å². The molecule has 0 aliphatic rings. The summed E-state index contributed by atoms with van der Waals surface area (Å²) in [6.07, 6.45) is 2.05. The molecule has 0 aromatic heterocycles. The first kappa shape index (κ1) is 13.7. The van der Waals surface area contributed by atoms with Crippen molar-refractivity contribution in [3.05, 3.63) is 18.2 Å². The monoisotopic (exact) mass is 236 g/mol. The molecule has 0 amide bonds. The van der Waals surface area contributed by atoms with Crippen LogP contribution in [-0.4, -0.2) is 12.1 Å². The van der Waals surface area contributed by atoms with Crippen LogP contribution in [0.15, 0.2) is 18.2 Å². The van der Waals surface area contributed by atoms with Gasteiger partial charge in [0.15, 0.2) is 0 Å². The molecule has 0 unspecified atom stereocenters. The molecule has 17 heavy (non-hydrogen) atoms. The zero-order chi connectivity index (χ0) is 12.9. The Kier molecular flexibility index (Phi) is 4.67. The average Bonchev–Trinajstić information content (AvgIpc) is 2.25. The van der Waals surface area contributed by atoms with Crippen LogP contribution in [-0.2, 0) is 0 Å². The highest BCUT2D eigenvalue weighted by Gasteiger charge is 2.14. The molecule has 0 atom stereocenters. The van der Waals surface area contributed by atoms with Crippen molar-refractivity contribution in [2.75, 3.05) is 17.7 Å². The van der Waals surface area contributed by atoms with E-state index in [-0.39, 0.29) is 5.54 Å². The molecule has 0 aliphatic carbocycles. The van der Waals surface area contributed by atoms with Gasteiger partial charge in [0.25, 0.3) is 0 Å². The fourth-order valence-corrected chi connectivity index (χ4v) is 1.48. The van der Waals surface area contributed by atoms with Crippen molar-refractivity contribution in [2.24, 2.45) is 0 Å². The number of nitrogen functional groups attached to an aromatic ring is 1. The standard InChI is InChI=1S/C14H24N2O/c1-5-7-17-13-9-11(15)8-12(10-13)16-14(3,4)6-2/h8-10,16H,5-7,15H2,1-4H3. The third kappa shape index (κ3) is 4.55. The Balaban J connectivity index is 2.82. The van der Waals surface area contributed by atoms with Gasteiger partial charge < -0.3 is 15.8 Å².